The maximum absolute atomic E-state index is 12.1. The van der Waals surface area contributed by atoms with E-state index in [0.717, 1.165) is 16.8 Å². The molecule has 0 bridgehead atoms. The predicted molar refractivity (Wildman–Crippen MR) is 104 cm³/mol. The van der Waals surface area contributed by atoms with Crippen LogP contribution < -0.4 is 26.6 Å². The van der Waals surface area contributed by atoms with E-state index < -0.39 is 6.03 Å². The van der Waals surface area contributed by atoms with Gasteiger partial charge in [0.15, 0.2) is 0 Å². The third kappa shape index (κ3) is 5.70. The van der Waals surface area contributed by atoms with E-state index in [2.05, 4.69) is 16.0 Å². The van der Waals surface area contributed by atoms with Gasteiger partial charge in [-0.25, -0.2) is 9.59 Å². The lowest BCUT2D eigenvalue weighted by molar-refractivity contribution is 0.237. The number of benzene rings is 2. The number of hydrogen-bond acceptors (Lipinski definition) is 3. The summed E-state index contributed by atoms with van der Waals surface area (Å²) in [5, 5.41) is 8.23. The third-order valence-corrected chi connectivity index (χ3v) is 3.93. The summed E-state index contributed by atoms with van der Waals surface area (Å²) < 4.78 is 0. The van der Waals surface area contributed by atoms with Crippen LogP contribution in [0.2, 0.25) is 0 Å². The van der Waals surface area contributed by atoms with Gasteiger partial charge in [0.2, 0.25) is 0 Å². The van der Waals surface area contributed by atoms with Crippen LogP contribution in [0.25, 0.3) is 0 Å². The van der Waals surface area contributed by atoms with Gasteiger partial charge in [-0.1, -0.05) is 24.3 Å². The number of urea groups is 2. The zero-order valence-corrected chi connectivity index (χ0v) is 15.2. The van der Waals surface area contributed by atoms with Crippen molar-refractivity contribution in [3.05, 3.63) is 59.7 Å². The monoisotopic (exact) mass is 355 g/mol. The van der Waals surface area contributed by atoms with Crippen LogP contribution in [-0.2, 0) is 6.54 Å². The van der Waals surface area contributed by atoms with E-state index in [9.17, 15) is 9.59 Å². The highest BCUT2D eigenvalue weighted by Crippen LogP contribution is 2.16. The van der Waals surface area contributed by atoms with Crippen LogP contribution in [0.15, 0.2) is 48.5 Å². The molecule has 1 atom stereocenters. The van der Waals surface area contributed by atoms with Crippen LogP contribution in [0.5, 0.6) is 0 Å². The standard InChI is InChI=1S/C19H25N5O2/c1-13(15-6-8-16(9-7-15)23-18(20)25)22-19(26)21-12-14-4-10-17(11-5-14)24(2)3/h4-11,13H,12H2,1-3H3,(H3,20,23,25)(H2,21,22,26)/t13-/m0/s1. The number of carbonyl (C=O) groups excluding carboxylic acids is 2. The van der Waals surface area contributed by atoms with E-state index in [-0.39, 0.29) is 12.1 Å². The Balaban J connectivity index is 1.83. The summed E-state index contributed by atoms with van der Waals surface area (Å²) in [6, 6.07) is 14.1. The normalized spacial score (nSPS) is 11.3. The molecule has 26 heavy (non-hydrogen) atoms. The number of hydrogen-bond donors (Lipinski definition) is 4. The number of nitrogens with two attached hydrogens (primary N) is 1. The van der Waals surface area contributed by atoms with Crippen LogP contribution in [0.1, 0.15) is 24.1 Å². The smallest absolute Gasteiger partial charge is 0.316 e. The highest BCUT2D eigenvalue weighted by Gasteiger charge is 2.09. The van der Waals surface area contributed by atoms with Gasteiger partial charge in [-0.15, -0.1) is 0 Å². The van der Waals surface area contributed by atoms with E-state index in [1.54, 1.807) is 12.1 Å². The molecule has 0 unspecified atom stereocenters. The van der Waals surface area contributed by atoms with Crippen molar-refractivity contribution in [1.29, 1.82) is 0 Å². The molecular weight excluding hydrogens is 330 g/mol. The van der Waals surface area contributed by atoms with Crippen molar-refractivity contribution >= 4 is 23.4 Å². The summed E-state index contributed by atoms with van der Waals surface area (Å²) >= 11 is 0. The molecule has 2 rings (SSSR count). The van der Waals surface area contributed by atoms with Crippen molar-refractivity contribution in [3.63, 3.8) is 0 Å². The van der Waals surface area contributed by atoms with Crippen molar-refractivity contribution in [2.75, 3.05) is 24.3 Å². The molecule has 4 amide bonds. The molecule has 0 saturated carbocycles. The predicted octanol–water partition coefficient (Wildman–Crippen LogP) is 2.80. The molecule has 0 aliphatic carbocycles. The van der Waals surface area contributed by atoms with Crippen molar-refractivity contribution in [2.45, 2.75) is 19.5 Å². The summed E-state index contributed by atoms with van der Waals surface area (Å²) in [5.41, 5.74) is 8.75. The minimum Gasteiger partial charge on any atom is -0.378 e. The number of amides is 4. The molecule has 0 fully saturated rings. The summed E-state index contributed by atoms with van der Waals surface area (Å²) in [6.07, 6.45) is 0. The lowest BCUT2D eigenvalue weighted by Crippen LogP contribution is -2.36. The van der Waals surface area contributed by atoms with Gasteiger partial charge in [-0.3, -0.25) is 0 Å². The highest BCUT2D eigenvalue weighted by molar-refractivity contribution is 5.87. The van der Waals surface area contributed by atoms with Gasteiger partial charge in [-0.05, 0) is 42.3 Å². The maximum atomic E-state index is 12.1. The fourth-order valence-corrected chi connectivity index (χ4v) is 2.42. The molecule has 0 radical (unpaired) electrons. The third-order valence-electron chi connectivity index (χ3n) is 3.93. The second-order valence-electron chi connectivity index (χ2n) is 6.22. The Kier molecular flexibility index (Phi) is 6.43. The Morgan fingerprint density at radius 3 is 2.19 bits per heavy atom. The number of nitrogens with one attached hydrogen (secondary N) is 3. The average molecular weight is 355 g/mol. The molecule has 0 aliphatic heterocycles. The van der Waals surface area contributed by atoms with Crippen LogP contribution in [0.4, 0.5) is 21.0 Å². The fraction of sp³-hybridized carbons (Fsp3) is 0.263. The van der Waals surface area contributed by atoms with Gasteiger partial charge in [0.25, 0.3) is 0 Å². The number of primary amides is 1. The van der Waals surface area contributed by atoms with E-state index >= 15 is 0 Å². The lowest BCUT2D eigenvalue weighted by Gasteiger charge is -2.16. The van der Waals surface area contributed by atoms with E-state index in [4.69, 9.17) is 5.73 Å². The average Bonchev–Trinajstić information content (AvgIpc) is 2.60. The number of carbonyl (C=O) groups is 2. The minimum absolute atomic E-state index is 0.172. The summed E-state index contributed by atoms with van der Waals surface area (Å²) in [4.78, 5) is 24.9. The van der Waals surface area contributed by atoms with Crippen LogP contribution in [0, 0.1) is 0 Å². The SMILES string of the molecule is C[C@H](NC(=O)NCc1ccc(N(C)C)cc1)c1ccc(NC(N)=O)cc1. The summed E-state index contributed by atoms with van der Waals surface area (Å²) in [5.74, 6) is 0. The van der Waals surface area contributed by atoms with Crippen LogP contribution in [0.3, 0.4) is 0 Å². The topological polar surface area (TPSA) is 99.5 Å². The largest absolute Gasteiger partial charge is 0.378 e. The quantitative estimate of drug-likeness (QED) is 0.641. The van der Waals surface area contributed by atoms with Gasteiger partial charge in [0, 0.05) is 32.0 Å². The highest BCUT2D eigenvalue weighted by atomic mass is 16.2. The Bertz CT molecular complexity index is 742. The minimum atomic E-state index is -0.609. The van der Waals surface area contributed by atoms with Crippen molar-refractivity contribution < 1.29 is 9.59 Å². The molecule has 2 aromatic carbocycles. The van der Waals surface area contributed by atoms with Crippen molar-refractivity contribution in [3.8, 4) is 0 Å². The Morgan fingerprint density at radius 2 is 1.65 bits per heavy atom. The zero-order valence-electron chi connectivity index (χ0n) is 15.2. The molecule has 2 aromatic rings. The van der Waals surface area contributed by atoms with Gasteiger partial charge in [0.05, 0.1) is 6.04 Å². The molecule has 0 saturated heterocycles. The summed E-state index contributed by atoms with van der Waals surface area (Å²) in [6.45, 7) is 2.34. The first-order valence-electron chi connectivity index (χ1n) is 8.32. The van der Waals surface area contributed by atoms with Gasteiger partial charge >= 0.3 is 12.1 Å². The summed E-state index contributed by atoms with van der Waals surface area (Å²) in [7, 11) is 3.97. The Hall–Kier alpha value is -3.22. The lowest BCUT2D eigenvalue weighted by atomic mass is 10.1. The first-order valence-corrected chi connectivity index (χ1v) is 8.32. The molecule has 0 aromatic heterocycles. The Labute approximate surface area is 153 Å². The molecule has 5 N–H and O–H groups in total. The Morgan fingerprint density at radius 1 is 1.04 bits per heavy atom. The number of nitrogens with zero attached hydrogens (tertiary/aromatic N) is 1. The second-order valence-corrected chi connectivity index (χ2v) is 6.22. The van der Waals surface area contributed by atoms with Crippen molar-refractivity contribution in [2.24, 2.45) is 5.73 Å². The molecule has 7 nitrogen and oxygen atoms in total. The number of anilines is 2. The van der Waals surface area contributed by atoms with Gasteiger partial charge < -0.3 is 26.6 Å². The first-order chi connectivity index (χ1) is 12.3. The van der Waals surface area contributed by atoms with Crippen LogP contribution in [-0.4, -0.2) is 26.2 Å². The van der Waals surface area contributed by atoms with E-state index in [1.165, 1.54) is 0 Å². The molecule has 0 heterocycles. The molecule has 7 heteroatoms. The molecule has 138 valence electrons. The van der Waals surface area contributed by atoms with Gasteiger partial charge in [0.1, 0.15) is 0 Å². The zero-order chi connectivity index (χ0) is 19.1. The molecular formula is C19H25N5O2. The molecule has 0 aliphatic rings. The number of rotatable bonds is 6. The maximum Gasteiger partial charge on any atom is 0.316 e. The van der Waals surface area contributed by atoms with Gasteiger partial charge in [-0.2, -0.15) is 0 Å². The first kappa shape index (κ1) is 19.1. The van der Waals surface area contributed by atoms with Crippen LogP contribution >= 0.6 is 0 Å². The second kappa shape index (κ2) is 8.75. The molecule has 0 spiro atoms. The van der Waals surface area contributed by atoms with E-state index in [1.807, 2.05) is 62.3 Å². The van der Waals surface area contributed by atoms with Crippen molar-refractivity contribution in [1.82, 2.24) is 10.6 Å². The van der Waals surface area contributed by atoms with E-state index in [0.29, 0.717) is 12.2 Å². The fourth-order valence-electron chi connectivity index (χ4n) is 2.42.